The van der Waals surface area contributed by atoms with Crippen LogP contribution in [0.1, 0.15) is 23.2 Å². The van der Waals surface area contributed by atoms with Gasteiger partial charge in [0.15, 0.2) is 5.82 Å². The monoisotopic (exact) mass is 354 g/mol. The molecule has 0 saturated carbocycles. The number of methoxy groups -OCH3 is 1. The van der Waals surface area contributed by atoms with Gasteiger partial charge < -0.3 is 19.1 Å². The Morgan fingerprint density at radius 2 is 2.23 bits per heavy atom. The Kier molecular flexibility index (Phi) is 4.46. The van der Waals surface area contributed by atoms with Crippen LogP contribution in [0.15, 0.2) is 35.0 Å². The second-order valence-corrected chi connectivity index (χ2v) is 6.84. The number of amides is 1. The van der Waals surface area contributed by atoms with Gasteiger partial charge in [0, 0.05) is 43.2 Å². The van der Waals surface area contributed by atoms with Gasteiger partial charge in [0.25, 0.3) is 0 Å². The molecule has 26 heavy (non-hydrogen) atoms. The van der Waals surface area contributed by atoms with Crippen LogP contribution in [-0.4, -0.2) is 52.7 Å². The highest BCUT2D eigenvalue weighted by molar-refractivity contribution is 5.89. The molecule has 1 aromatic carbocycles. The average Bonchev–Trinajstić information content (AvgIpc) is 3.34. The maximum Gasteiger partial charge on any atom is 0.231 e. The predicted octanol–water partition coefficient (Wildman–Crippen LogP) is 2.29. The van der Waals surface area contributed by atoms with Crippen LogP contribution in [0.25, 0.3) is 10.9 Å². The zero-order chi connectivity index (χ0) is 18.1. The van der Waals surface area contributed by atoms with Crippen LogP contribution in [0.2, 0.25) is 0 Å². The summed E-state index contributed by atoms with van der Waals surface area (Å²) in [6.45, 7) is 3.58. The molecule has 1 aliphatic heterocycles. The largest absolute Gasteiger partial charge is 0.384 e. The maximum absolute atomic E-state index is 12.9. The predicted molar refractivity (Wildman–Crippen MR) is 95.7 cm³/mol. The molecule has 2 aromatic heterocycles. The summed E-state index contributed by atoms with van der Waals surface area (Å²) in [7, 11) is 1.67. The second kappa shape index (κ2) is 6.92. The molecule has 1 fully saturated rings. The van der Waals surface area contributed by atoms with E-state index in [-0.39, 0.29) is 17.7 Å². The zero-order valence-corrected chi connectivity index (χ0v) is 14.9. The third-order valence-electron chi connectivity index (χ3n) is 5.05. The molecule has 1 saturated heterocycles. The van der Waals surface area contributed by atoms with Crippen molar-refractivity contribution < 1.29 is 14.1 Å². The Labute approximate surface area is 151 Å². The molecule has 0 spiro atoms. The Hall–Kier alpha value is -2.67. The highest BCUT2D eigenvalue weighted by Crippen LogP contribution is 2.32. The highest BCUT2D eigenvalue weighted by atomic mass is 16.5. The Morgan fingerprint density at radius 3 is 3.00 bits per heavy atom. The van der Waals surface area contributed by atoms with E-state index >= 15 is 0 Å². The van der Waals surface area contributed by atoms with Crippen molar-refractivity contribution in [1.29, 1.82) is 0 Å². The van der Waals surface area contributed by atoms with Gasteiger partial charge in [-0.1, -0.05) is 23.4 Å². The third-order valence-corrected chi connectivity index (χ3v) is 5.05. The summed E-state index contributed by atoms with van der Waals surface area (Å²) >= 11 is 0. The van der Waals surface area contributed by atoms with Crippen molar-refractivity contribution in [2.45, 2.75) is 19.3 Å². The van der Waals surface area contributed by atoms with Gasteiger partial charge >= 0.3 is 0 Å². The minimum atomic E-state index is 0.0167. The number of carbonyl (C=O) groups excluding carboxylic acids is 1. The number of para-hydroxylation sites is 1. The number of nitrogens with zero attached hydrogens (tertiary/aromatic N) is 3. The minimum Gasteiger partial charge on any atom is -0.384 e. The van der Waals surface area contributed by atoms with Crippen LogP contribution in [0.4, 0.5) is 0 Å². The molecule has 2 atom stereocenters. The smallest absolute Gasteiger partial charge is 0.231 e. The van der Waals surface area contributed by atoms with E-state index in [0.717, 1.165) is 16.5 Å². The second-order valence-electron chi connectivity index (χ2n) is 6.84. The first-order chi connectivity index (χ1) is 12.7. The molecule has 1 N–H and O–H groups in total. The van der Waals surface area contributed by atoms with E-state index in [1.807, 2.05) is 35.4 Å². The standard InChI is InChI=1S/C19H22N4O3/c1-12-21-19(26-22-12)16-10-23(9-14(16)11-25-2)18(24)7-13-8-20-17-6-4-3-5-15(13)17/h3-6,8,14,16,20H,7,9-11H2,1-2H3/t14-,16+/m0/s1. The topological polar surface area (TPSA) is 84.2 Å². The lowest BCUT2D eigenvalue weighted by Crippen LogP contribution is -2.30. The number of hydrogen-bond donors (Lipinski definition) is 1. The van der Waals surface area contributed by atoms with E-state index < -0.39 is 0 Å². The molecule has 0 aliphatic carbocycles. The van der Waals surface area contributed by atoms with Gasteiger partial charge in [-0.05, 0) is 18.6 Å². The molecule has 3 heterocycles. The average molecular weight is 354 g/mol. The number of hydrogen-bond acceptors (Lipinski definition) is 5. The molecule has 4 rings (SSSR count). The summed E-state index contributed by atoms with van der Waals surface area (Å²) in [4.78, 5) is 22.4. The van der Waals surface area contributed by atoms with E-state index in [2.05, 4.69) is 15.1 Å². The van der Waals surface area contributed by atoms with Gasteiger partial charge in [-0.3, -0.25) is 4.79 Å². The minimum absolute atomic E-state index is 0.0167. The van der Waals surface area contributed by atoms with Gasteiger partial charge in [-0.15, -0.1) is 0 Å². The number of aromatic nitrogens is 3. The van der Waals surface area contributed by atoms with Crippen LogP contribution >= 0.6 is 0 Å². The Bertz CT molecular complexity index is 916. The van der Waals surface area contributed by atoms with Crippen molar-refractivity contribution in [3.8, 4) is 0 Å². The van der Waals surface area contributed by atoms with E-state index in [9.17, 15) is 4.79 Å². The number of rotatable bonds is 5. The van der Waals surface area contributed by atoms with Crippen LogP contribution < -0.4 is 0 Å². The van der Waals surface area contributed by atoms with Crippen molar-refractivity contribution in [2.24, 2.45) is 5.92 Å². The molecule has 0 bridgehead atoms. The van der Waals surface area contributed by atoms with Crippen molar-refractivity contribution in [3.05, 3.63) is 47.7 Å². The third kappa shape index (κ3) is 3.10. The van der Waals surface area contributed by atoms with Crippen molar-refractivity contribution in [2.75, 3.05) is 26.8 Å². The number of likely N-dealkylation sites (tertiary alicyclic amines) is 1. The summed E-state index contributed by atoms with van der Waals surface area (Å²) in [5.74, 6) is 1.48. The lowest BCUT2D eigenvalue weighted by molar-refractivity contribution is -0.129. The molecular weight excluding hydrogens is 332 g/mol. The quantitative estimate of drug-likeness (QED) is 0.760. The van der Waals surface area contributed by atoms with Crippen LogP contribution in [0.5, 0.6) is 0 Å². The molecule has 0 radical (unpaired) electrons. The summed E-state index contributed by atoms with van der Waals surface area (Å²) in [5.41, 5.74) is 2.07. The summed E-state index contributed by atoms with van der Waals surface area (Å²) in [6, 6.07) is 8.03. The van der Waals surface area contributed by atoms with E-state index in [1.54, 1.807) is 14.0 Å². The van der Waals surface area contributed by atoms with Gasteiger partial charge in [0.1, 0.15) is 0 Å². The molecule has 0 unspecified atom stereocenters. The number of nitrogens with one attached hydrogen (secondary N) is 1. The number of aryl methyl sites for hydroxylation is 1. The SMILES string of the molecule is COC[C@@H]1CN(C(=O)Cc2c[nH]c3ccccc23)C[C@H]1c1nc(C)no1. The van der Waals surface area contributed by atoms with Gasteiger partial charge in [-0.25, -0.2) is 0 Å². The first-order valence-electron chi connectivity index (χ1n) is 8.77. The van der Waals surface area contributed by atoms with Gasteiger partial charge in [0.05, 0.1) is 18.9 Å². The lowest BCUT2D eigenvalue weighted by Gasteiger charge is -2.16. The summed E-state index contributed by atoms with van der Waals surface area (Å²) in [5, 5.41) is 4.98. The van der Waals surface area contributed by atoms with Crippen molar-refractivity contribution in [3.63, 3.8) is 0 Å². The molecule has 1 aliphatic rings. The number of aromatic amines is 1. The number of H-pyrrole nitrogens is 1. The molecule has 7 nitrogen and oxygen atoms in total. The fourth-order valence-electron chi connectivity index (χ4n) is 3.75. The first kappa shape index (κ1) is 16.8. The molecular formula is C19H22N4O3. The molecule has 1 amide bonds. The fourth-order valence-corrected chi connectivity index (χ4v) is 3.75. The number of fused-ring (bicyclic) bond motifs is 1. The van der Waals surface area contributed by atoms with Crippen LogP contribution in [0.3, 0.4) is 0 Å². The van der Waals surface area contributed by atoms with Gasteiger partial charge in [0.2, 0.25) is 11.8 Å². The number of ether oxygens (including phenoxy) is 1. The van der Waals surface area contributed by atoms with E-state index in [4.69, 9.17) is 9.26 Å². The van der Waals surface area contributed by atoms with E-state index in [0.29, 0.717) is 37.8 Å². The molecule has 136 valence electrons. The maximum atomic E-state index is 12.9. The van der Waals surface area contributed by atoms with E-state index in [1.165, 1.54) is 0 Å². The Balaban J connectivity index is 1.51. The lowest BCUT2D eigenvalue weighted by atomic mass is 9.97. The Morgan fingerprint density at radius 1 is 1.38 bits per heavy atom. The highest BCUT2D eigenvalue weighted by Gasteiger charge is 2.39. The zero-order valence-electron chi connectivity index (χ0n) is 14.9. The van der Waals surface area contributed by atoms with Crippen LogP contribution in [0, 0.1) is 12.8 Å². The van der Waals surface area contributed by atoms with Crippen molar-refractivity contribution >= 4 is 16.8 Å². The molecule has 3 aromatic rings. The summed E-state index contributed by atoms with van der Waals surface area (Å²) in [6.07, 6.45) is 2.30. The normalized spacial score (nSPS) is 20.2. The first-order valence-corrected chi connectivity index (χ1v) is 8.77. The fraction of sp³-hybridized carbons (Fsp3) is 0.421. The molecule has 7 heteroatoms. The van der Waals surface area contributed by atoms with Crippen LogP contribution in [-0.2, 0) is 16.0 Å². The number of carbonyl (C=O) groups is 1. The van der Waals surface area contributed by atoms with Gasteiger partial charge in [-0.2, -0.15) is 4.98 Å². The van der Waals surface area contributed by atoms with Crippen molar-refractivity contribution in [1.82, 2.24) is 20.0 Å². The number of benzene rings is 1. The summed E-state index contributed by atoms with van der Waals surface area (Å²) < 4.78 is 10.7.